The Balaban J connectivity index is 1.84. The first-order valence-corrected chi connectivity index (χ1v) is 4.99. The number of carbonyl (C=O) groups excluding carboxylic acids is 1. The maximum atomic E-state index is 11.0. The topological polar surface area (TPSA) is 26.3 Å². The van der Waals surface area contributed by atoms with Crippen molar-refractivity contribution in [1.29, 1.82) is 0 Å². The van der Waals surface area contributed by atoms with Gasteiger partial charge >= 0.3 is 0 Å². The largest absolute Gasteiger partial charge is 0.378 e. The molecular weight excluding hydrogens is 152 g/mol. The van der Waals surface area contributed by atoms with E-state index in [0.29, 0.717) is 17.8 Å². The Hall–Kier alpha value is -0.370. The van der Waals surface area contributed by atoms with Crippen LogP contribution in [-0.2, 0) is 9.53 Å². The van der Waals surface area contributed by atoms with Crippen molar-refractivity contribution in [2.75, 3.05) is 6.61 Å². The zero-order valence-corrected chi connectivity index (χ0v) is 7.42. The van der Waals surface area contributed by atoms with Crippen molar-refractivity contribution in [3.63, 3.8) is 0 Å². The van der Waals surface area contributed by atoms with E-state index in [1.54, 1.807) is 0 Å². The highest BCUT2D eigenvalue weighted by Crippen LogP contribution is 2.31. The van der Waals surface area contributed by atoms with Crippen LogP contribution in [-0.4, -0.2) is 18.5 Å². The number of ketones is 1. The van der Waals surface area contributed by atoms with Crippen molar-refractivity contribution in [3.05, 3.63) is 0 Å². The lowest BCUT2D eigenvalue weighted by Gasteiger charge is -2.25. The average molecular weight is 168 g/mol. The van der Waals surface area contributed by atoms with Crippen LogP contribution in [0, 0.1) is 5.92 Å². The fourth-order valence-corrected chi connectivity index (χ4v) is 2.31. The first kappa shape index (κ1) is 8.24. The first-order chi connectivity index (χ1) is 5.86. The van der Waals surface area contributed by atoms with Gasteiger partial charge in [0.05, 0.1) is 6.10 Å². The van der Waals surface area contributed by atoms with Crippen LogP contribution in [0.1, 0.15) is 38.5 Å². The molecule has 1 unspecified atom stereocenters. The number of hydrogen-bond donors (Lipinski definition) is 0. The molecule has 0 amide bonds. The van der Waals surface area contributed by atoms with Gasteiger partial charge in [0.2, 0.25) is 0 Å². The lowest BCUT2D eigenvalue weighted by atomic mass is 9.84. The van der Waals surface area contributed by atoms with E-state index in [9.17, 15) is 4.79 Å². The summed E-state index contributed by atoms with van der Waals surface area (Å²) in [5.41, 5.74) is 0. The molecule has 0 aromatic rings. The van der Waals surface area contributed by atoms with E-state index in [2.05, 4.69) is 0 Å². The average Bonchev–Trinajstić information content (AvgIpc) is 2.58. The van der Waals surface area contributed by atoms with Crippen LogP contribution >= 0.6 is 0 Å². The monoisotopic (exact) mass is 168 g/mol. The van der Waals surface area contributed by atoms with Crippen molar-refractivity contribution in [1.82, 2.24) is 0 Å². The maximum Gasteiger partial charge on any atom is 0.132 e. The van der Waals surface area contributed by atoms with Crippen LogP contribution < -0.4 is 0 Å². The van der Waals surface area contributed by atoms with Gasteiger partial charge < -0.3 is 4.74 Å². The molecule has 0 N–H and O–H groups in total. The highest BCUT2D eigenvalue weighted by molar-refractivity contribution is 5.79. The fourth-order valence-electron chi connectivity index (χ4n) is 2.31. The number of hydrogen-bond acceptors (Lipinski definition) is 2. The Morgan fingerprint density at radius 3 is 2.50 bits per heavy atom. The van der Waals surface area contributed by atoms with Crippen molar-refractivity contribution in [2.24, 2.45) is 5.92 Å². The van der Waals surface area contributed by atoms with E-state index in [1.165, 1.54) is 12.8 Å². The van der Waals surface area contributed by atoms with Gasteiger partial charge in [0.25, 0.3) is 0 Å². The molecule has 0 aromatic carbocycles. The molecule has 2 fully saturated rings. The quantitative estimate of drug-likeness (QED) is 0.598. The Bertz CT molecular complexity index is 161. The van der Waals surface area contributed by atoms with Gasteiger partial charge in [-0.2, -0.15) is 0 Å². The molecule has 2 nitrogen and oxygen atoms in total. The SMILES string of the molecule is O=C1CCC(C2CCCO2)CC1. The van der Waals surface area contributed by atoms with Gasteiger partial charge in [0, 0.05) is 19.4 Å². The van der Waals surface area contributed by atoms with Crippen LogP contribution in [0.15, 0.2) is 0 Å². The molecule has 1 saturated heterocycles. The maximum absolute atomic E-state index is 11.0. The van der Waals surface area contributed by atoms with Gasteiger partial charge in [-0.25, -0.2) is 0 Å². The van der Waals surface area contributed by atoms with E-state index in [1.807, 2.05) is 0 Å². The molecule has 2 aliphatic rings. The minimum atomic E-state index is 0.448. The number of carbonyl (C=O) groups is 1. The summed E-state index contributed by atoms with van der Waals surface area (Å²) >= 11 is 0. The molecule has 0 aromatic heterocycles. The molecule has 1 saturated carbocycles. The van der Waals surface area contributed by atoms with Gasteiger partial charge in [-0.3, -0.25) is 4.79 Å². The molecule has 1 heterocycles. The zero-order valence-electron chi connectivity index (χ0n) is 7.42. The van der Waals surface area contributed by atoms with Gasteiger partial charge in [0.15, 0.2) is 0 Å². The molecule has 1 aliphatic carbocycles. The van der Waals surface area contributed by atoms with E-state index >= 15 is 0 Å². The highest BCUT2D eigenvalue weighted by Gasteiger charge is 2.29. The molecule has 1 aliphatic heterocycles. The summed E-state index contributed by atoms with van der Waals surface area (Å²) in [4.78, 5) is 11.0. The van der Waals surface area contributed by atoms with Crippen molar-refractivity contribution in [3.8, 4) is 0 Å². The summed E-state index contributed by atoms with van der Waals surface area (Å²) in [6.45, 7) is 0.940. The second-order valence-corrected chi connectivity index (χ2v) is 3.93. The second-order valence-electron chi connectivity index (χ2n) is 3.93. The Morgan fingerprint density at radius 2 is 1.92 bits per heavy atom. The van der Waals surface area contributed by atoms with Crippen LogP contribution in [0.25, 0.3) is 0 Å². The second kappa shape index (κ2) is 3.56. The third kappa shape index (κ3) is 1.69. The van der Waals surface area contributed by atoms with Crippen LogP contribution in [0.4, 0.5) is 0 Å². The van der Waals surface area contributed by atoms with Crippen molar-refractivity contribution in [2.45, 2.75) is 44.6 Å². The number of Topliss-reactive ketones (excluding diaryl/α,β-unsaturated/α-hetero) is 1. The third-order valence-electron chi connectivity index (χ3n) is 3.08. The predicted molar refractivity (Wildman–Crippen MR) is 45.9 cm³/mol. The van der Waals surface area contributed by atoms with Gasteiger partial charge in [-0.1, -0.05) is 0 Å². The standard InChI is InChI=1S/C10H16O2/c11-9-5-3-8(4-6-9)10-2-1-7-12-10/h8,10H,1-7H2. The summed E-state index contributed by atoms with van der Waals surface area (Å²) < 4.78 is 5.62. The molecule has 68 valence electrons. The van der Waals surface area contributed by atoms with E-state index in [-0.39, 0.29) is 0 Å². The van der Waals surface area contributed by atoms with Gasteiger partial charge in [-0.05, 0) is 31.6 Å². The first-order valence-electron chi connectivity index (χ1n) is 4.99. The van der Waals surface area contributed by atoms with E-state index in [4.69, 9.17) is 4.74 Å². The minimum absolute atomic E-state index is 0.448. The molecule has 0 radical (unpaired) electrons. The smallest absolute Gasteiger partial charge is 0.132 e. The summed E-state index contributed by atoms with van der Waals surface area (Å²) in [6, 6.07) is 0. The number of rotatable bonds is 1. The predicted octanol–water partition coefficient (Wildman–Crippen LogP) is 1.92. The van der Waals surface area contributed by atoms with Crippen molar-refractivity contribution < 1.29 is 9.53 Å². The number of ether oxygens (including phenoxy) is 1. The van der Waals surface area contributed by atoms with E-state index in [0.717, 1.165) is 32.3 Å². The van der Waals surface area contributed by atoms with E-state index < -0.39 is 0 Å². The molecule has 0 spiro atoms. The molecular formula is C10H16O2. The van der Waals surface area contributed by atoms with Crippen LogP contribution in [0.3, 0.4) is 0 Å². The van der Waals surface area contributed by atoms with Gasteiger partial charge in [-0.15, -0.1) is 0 Å². The summed E-state index contributed by atoms with van der Waals surface area (Å²) in [5.74, 6) is 1.13. The summed E-state index contributed by atoms with van der Waals surface area (Å²) in [6.07, 6.45) is 6.66. The van der Waals surface area contributed by atoms with Gasteiger partial charge in [0.1, 0.15) is 5.78 Å². The molecule has 1 atom stereocenters. The Kier molecular flexibility index (Phi) is 2.45. The lowest BCUT2D eigenvalue weighted by Crippen LogP contribution is -2.25. The van der Waals surface area contributed by atoms with Crippen LogP contribution in [0.2, 0.25) is 0 Å². The lowest BCUT2D eigenvalue weighted by molar-refractivity contribution is -0.121. The Morgan fingerprint density at radius 1 is 1.17 bits per heavy atom. The third-order valence-corrected chi connectivity index (χ3v) is 3.08. The summed E-state index contributed by atoms with van der Waals surface area (Å²) in [7, 11) is 0. The molecule has 0 bridgehead atoms. The molecule has 2 rings (SSSR count). The minimum Gasteiger partial charge on any atom is -0.378 e. The Labute approximate surface area is 73.3 Å². The van der Waals surface area contributed by atoms with Crippen LogP contribution in [0.5, 0.6) is 0 Å². The normalized spacial score (nSPS) is 32.7. The van der Waals surface area contributed by atoms with Crippen molar-refractivity contribution >= 4 is 5.78 Å². The fraction of sp³-hybridized carbons (Fsp3) is 0.900. The highest BCUT2D eigenvalue weighted by atomic mass is 16.5. The molecule has 2 heteroatoms. The molecule has 12 heavy (non-hydrogen) atoms. The zero-order chi connectivity index (χ0) is 8.39. The summed E-state index contributed by atoms with van der Waals surface area (Å²) in [5, 5.41) is 0.